The van der Waals surface area contributed by atoms with Crippen LogP contribution in [0.2, 0.25) is 0 Å². The van der Waals surface area contributed by atoms with Crippen molar-refractivity contribution in [3.05, 3.63) is 75.7 Å². The summed E-state index contributed by atoms with van der Waals surface area (Å²) in [6.07, 6.45) is 0. The summed E-state index contributed by atoms with van der Waals surface area (Å²) in [6, 6.07) is 22.9. The van der Waals surface area contributed by atoms with Crippen molar-refractivity contribution in [1.82, 2.24) is 4.98 Å². The first-order valence-electron chi connectivity index (χ1n) is 6.97. The Hall–Kier alpha value is -1.71. The minimum Gasteiger partial charge on any atom is -0.247 e. The lowest BCUT2D eigenvalue weighted by atomic mass is 10.0. The molecule has 0 bridgehead atoms. The molecule has 0 unspecified atom stereocenters. The van der Waals surface area contributed by atoms with Gasteiger partial charge in [0.05, 0.1) is 11.2 Å². The van der Waals surface area contributed by atoms with Crippen LogP contribution in [0.3, 0.4) is 0 Å². The molecule has 0 saturated carbocycles. The smallest absolute Gasteiger partial charge is 0.0788 e. The number of hydrogen-bond donors (Lipinski definition) is 0. The van der Waals surface area contributed by atoms with Gasteiger partial charge in [-0.3, -0.25) is 0 Å². The van der Waals surface area contributed by atoms with Crippen LogP contribution in [-0.2, 0) is 0 Å². The van der Waals surface area contributed by atoms with Gasteiger partial charge in [0.25, 0.3) is 0 Å². The number of aromatic nitrogens is 1. The fraction of sp³-hybridized carbons (Fsp3) is 0. The van der Waals surface area contributed by atoms with Crippen molar-refractivity contribution in [1.29, 1.82) is 0 Å². The minimum absolute atomic E-state index is 0.993. The topological polar surface area (TPSA) is 12.9 Å². The van der Waals surface area contributed by atoms with Crippen molar-refractivity contribution in [3.63, 3.8) is 0 Å². The summed E-state index contributed by atoms with van der Waals surface area (Å²) in [5.41, 5.74) is 3.16. The van der Waals surface area contributed by atoms with Crippen molar-refractivity contribution in [3.8, 4) is 11.3 Å². The van der Waals surface area contributed by atoms with Crippen LogP contribution in [0.5, 0.6) is 0 Å². The van der Waals surface area contributed by atoms with Crippen molar-refractivity contribution >= 4 is 53.5 Å². The molecule has 3 heteroatoms. The third kappa shape index (κ3) is 2.16. The molecular formula is C19H11Br2N. The first-order valence-corrected chi connectivity index (χ1v) is 8.56. The minimum atomic E-state index is 0.993. The second-order valence-electron chi connectivity index (χ2n) is 5.13. The van der Waals surface area contributed by atoms with E-state index in [1.165, 1.54) is 10.8 Å². The van der Waals surface area contributed by atoms with E-state index in [9.17, 15) is 0 Å². The Labute approximate surface area is 145 Å². The molecule has 1 nitrogen and oxygen atoms in total. The zero-order valence-electron chi connectivity index (χ0n) is 11.6. The number of rotatable bonds is 1. The standard InChI is InChI=1S/C19H11Br2N/c20-15-10-11-16-17(18(15)21)13-8-4-5-9-14(13)19(22-16)12-6-2-1-3-7-12/h1-11H. The highest BCUT2D eigenvalue weighted by molar-refractivity contribution is 9.13. The molecule has 0 spiro atoms. The summed E-state index contributed by atoms with van der Waals surface area (Å²) in [7, 11) is 0. The summed E-state index contributed by atoms with van der Waals surface area (Å²) >= 11 is 7.29. The summed E-state index contributed by atoms with van der Waals surface area (Å²) in [6.45, 7) is 0. The molecule has 0 N–H and O–H groups in total. The van der Waals surface area contributed by atoms with Gasteiger partial charge in [0, 0.05) is 25.3 Å². The highest BCUT2D eigenvalue weighted by Crippen LogP contribution is 2.38. The largest absolute Gasteiger partial charge is 0.247 e. The third-order valence-corrected chi connectivity index (χ3v) is 5.82. The first kappa shape index (κ1) is 13.9. The zero-order valence-corrected chi connectivity index (χ0v) is 14.7. The average Bonchev–Trinajstić information content (AvgIpc) is 2.58. The number of benzene rings is 3. The predicted octanol–water partition coefficient (Wildman–Crippen LogP) is 6.58. The number of pyridine rings is 1. The molecule has 0 radical (unpaired) electrons. The molecule has 3 aromatic carbocycles. The van der Waals surface area contributed by atoms with Crippen LogP contribution < -0.4 is 0 Å². The van der Waals surface area contributed by atoms with Crippen LogP contribution in [-0.4, -0.2) is 4.98 Å². The molecule has 106 valence electrons. The third-order valence-electron chi connectivity index (χ3n) is 3.80. The average molecular weight is 413 g/mol. The second kappa shape index (κ2) is 5.49. The number of hydrogen-bond acceptors (Lipinski definition) is 1. The van der Waals surface area contributed by atoms with E-state index >= 15 is 0 Å². The molecule has 0 saturated heterocycles. The maximum absolute atomic E-state index is 4.92. The van der Waals surface area contributed by atoms with E-state index in [1.807, 2.05) is 24.3 Å². The Balaban J connectivity index is 2.21. The van der Waals surface area contributed by atoms with Crippen LogP contribution >= 0.6 is 31.9 Å². The van der Waals surface area contributed by atoms with Crippen LogP contribution in [0.25, 0.3) is 32.9 Å². The summed E-state index contributed by atoms with van der Waals surface area (Å²) in [4.78, 5) is 4.92. The van der Waals surface area contributed by atoms with E-state index in [-0.39, 0.29) is 0 Å². The van der Waals surface area contributed by atoms with Gasteiger partial charge in [0.2, 0.25) is 0 Å². The van der Waals surface area contributed by atoms with Crippen LogP contribution in [0, 0.1) is 0 Å². The van der Waals surface area contributed by atoms with Gasteiger partial charge in [-0.05, 0) is 49.4 Å². The summed E-state index contributed by atoms with van der Waals surface area (Å²) in [5, 5.41) is 3.52. The summed E-state index contributed by atoms with van der Waals surface area (Å²) < 4.78 is 2.09. The Morgan fingerprint density at radius 1 is 0.682 bits per heavy atom. The van der Waals surface area contributed by atoms with Crippen molar-refractivity contribution < 1.29 is 0 Å². The number of nitrogens with zero attached hydrogens (tertiary/aromatic N) is 1. The highest BCUT2D eigenvalue weighted by atomic mass is 79.9. The van der Waals surface area contributed by atoms with E-state index in [0.717, 1.165) is 31.1 Å². The summed E-state index contributed by atoms with van der Waals surface area (Å²) in [5.74, 6) is 0. The van der Waals surface area contributed by atoms with Gasteiger partial charge in [-0.2, -0.15) is 0 Å². The molecule has 1 aromatic heterocycles. The fourth-order valence-corrected chi connectivity index (χ4v) is 3.67. The lowest BCUT2D eigenvalue weighted by Crippen LogP contribution is -1.90. The molecule has 0 aliphatic heterocycles. The Kier molecular flexibility index (Phi) is 3.47. The highest BCUT2D eigenvalue weighted by Gasteiger charge is 2.13. The van der Waals surface area contributed by atoms with Gasteiger partial charge in [-0.15, -0.1) is 0 Å². The zero-order chi connectivity index (χ0) is 15.1. The molecule has 0 aliphatic carbocycles. The maximum Gasteiger partial charge on any atom is 0.0788 e. The molecule has 0 fully saturated rings. The van der Waals surface area contributed by atoms with Crippen molar-refractivity contribution in [2.24, 2.45) is 0 Å². The van der Waals surface area contributed by atoms with E-state index in [1.54, 1.807) is 0 Å². The van der Waals surface area contributed by atoms with Crippen LogP contribution in [0.15, 0.2) is 75.7 Å². The Morgan fingerprint density at radius 3 is 2.14 bits per heavy atom. The predicted molar refractivity (Wildman–Crippen MR) is 100 cm³/mol. The van der Waals surface area contributed by atoms with Gasteiger partial charge in [0.15, 0.2) is 0 Å². The fourth-order valence-electron chi connectivity index (χ4n) is 2.79. The SMILES string of the molecule is Brc1ccc2nc(-c3ccccc3)c3ccccc3c2c1Br. The molecule has 0 aliphatic rings. The first-order chi connectivity index (χ1) is 10.8. The molecular weight excluding hydrogens is 402 g/mol. The van der Waals surface area contributed by atoms with Crippen LogP contribution in [0.1, 0.15) is 0 Å². The molecule has 4 aromatic rings. The van der Waals surface area contributed by atoms with E-state index in [0.29, 0.717) is 0 Å². The monoisotopic (exact) mass is 411 g/mol. The van der Waals surface area contributed by atoms with Crippen LogP contribution in [0.4, 0.5) is 0 Å². The van der Waals surface area contributed by atoms with E-state index in [4.69, 9.17) is 4.98 Å². The maximum atomic E-state index is 4.92. The van der Waals surface area contributed by atoms with Gasteiger partial charge in [-0.1, -0.05) is 54.6 Å². The molecule has 0 amide bonds. The van der Waals surface area contributed by atoms with Crippen molar-refractivity contribution in [2.45, 2.75) is 0 Å². The van der Waals surface area contributed by atoms with E-state index < -0.39 is 0 Å². The molecule has 22 heavy (non-hydrogen) atoms. The number of fused-ring (bicyclic) bond motifs is 3. The lowest BCUT2D eigenvalue weighted by molar-refractivity contribution is 1.42. The second-order valence-corrected chi connectivity index (χ2v) is 6.77. The molecule has 1 heterocycles. The van der Waals surface area contributed by atoms with Gasteiger partial charge in [0.1, 0.15) is 0 Å². The van der Waals surface area contributed by atoms with Gasteiger partial charge >= 0.3 is 0 Å². The lowest BCUT2D eigenvalue weighted by Gasteiger charge is -2.12. The van der Waals surface area contributed by atoms with Gasteiger partial charge < -0.3 is 0 Å². The van der Waals surface area contributed by atoms with Gasteiger partial charge in [-0.25, -0.2) is 4.98 Å². The quantitative estimate of drug-likeness (QED) is 0.322. The normalized spacial score (nSPS) is 11.2. The van der Waals surface area contributed by atoms with E-state index in [2.05, 4.69) is 74.3 Å². The Bertz CT molecular complexity index is 994. The molecule has 4 rings (SSSR count). The Morgan fingerprint density at radius 2 is 1.36 bits per heavy atom. The molecule has 0 atom stereocenters. The number of halogens is 2. The van der Waals surface area contributed by atoms with Crippen molar-refractivity contribution in [2.75, 3.05) is 0 Å².